The number of non-ortho nitro benzene ring substituents is 1. The van der Waals surface area contributed by atoms with Crippen molar-refractivity contribution in [1.82, 2.24) is 14.9 Å². The predicted octanol–water partition coefficient (Wildman–Crippen LogP) is 2.30. The Morgan fingerprint density at radius 1 is 1.43 bits per heavy atom. The Hall–Kier alpha value is -3.21. The van der Waals surface area contributed by atoms with Gasteiger partial charge in [-0.05, 0) is 11.6 Å². The normalized spacial score (nSPS) is 14.0. The molecule has 28 heavy (non-hydrogen) atoms. The highest BCUT2D eigenvalue weighted by Crippen LogP contribution is 2.40. The minimum Gasteiger partial charge on any atom is -0.374 e. The third-order valence-corrected chi connectivity index (χ3v) is 3.95. The highest BCUT2D eigenvalue weighted by Gasteiger charge is 2.57. The molecule has 0 spiro atoms. The molecule has 0 aliphatic heterocycles. The molecule has 150 valence electrons. The number of benzene rings is 1. The van der Waals surface area contributed by atoms with E-state index in [1.165, 1.54) is 43.6 Å². The number of amides is 1. The van der Waals surface area contributed by atoms with Crippen molar-refractivity contribution in [3.05, 3.63) is 64.2 Å². The summed E-state index contributed by atoms with van der Waals surface area (Å²) >= 11 is 0. The molecule has 0 saturated carbocycles. The van der Waals surface area contributed by atoms with E-state index in [9.17, 15) is 33.2 Å². The van der Waals surface area contributed by atoms with E-state index in [1.807, 2.05) is 0 Å². The van der Waals surface area contributed by atoms with Gasteiger partial charge in [0.1, 0.15) is 5.82 Å². The lowest BCUT2D eigenvalue weighted by molar-refractivity contribution is -0.384. The summed E-state index contributed by atoms with van der Waals surface area (Å²) < 4.78 is 41.1. The van der Waals surface area contributed by atoms with Crippen LogP contribution in [0.5, 0.6) is 0 Å². The summed E-state index contributed by atoms with van der Waals surface area (Å²) in [5.74, 6) is -1.29. The van der Waals surface area contributed by atoms with Gasteiger partial charge in [-0.2, -0.15) is 13.2 Å². The first kappa shape index (κ1) is 21.1. The third-order valence-electron chi connectivity index (χ3n) is 3.95. The van der Waals surface area contributed by atoms with Crippen molar-refractivity contribution in [2.24, 2.45) is 7.05 Å². The lowest BCUT2D eigenvalue weighted by atomic mass is 9.97. The number of carbonyl (C=O) groups is 1. The van der Waals surface area contributed by atoms with Crippen LogP contribution in [0, 0.1) is 10.1 Å². The van der Waals surface area contributed by atoms with Gasteiger partial charge >= 0.3 is 6.18 Å². The topological polar surface area (TPSA) is 110 Å². The number of hydrogen-bond donors (Lipinski definition) is 2. The van der Waals surface area contributed by atoms with Crippen LogP contribution in [0.1, 0.15) is 17.8 Å². The molecule has 1 atom stereocenters. The van der Waals surface area contributed by atoms with Gasteiger partial charge in [0.25, 0.3) is 5.69 Å². The second-order valence-electron chi connectivity index (χ2n) is 5.95. The number of nitrogens with zero attached hydrogens (tertiary/aromatic N) is 3. The molecule has 0 fully saturated rings. The maximum absolute atomic E-state index is 13.4. The fourth-order valence-electron chi connectivity index (χ4n) is 2.48. The molecule has 1 aromatic heterocycles. The molecule has 0 aliphatic rings. The zero-order chi connectivity index (χ0) is 20.9. The van der Waals surface area contributed by atoms with E-state index >= 15 is 0 Å². The van der Waals surface area contributed by atoms with Crippen molar-refractivity contribution < 1.29 is 28.0 Å². The van der Waals surface area contributed by atoms with Crippen molar-refractivity contribution in [1.29, 1.82) is 0 Å². The summed E-state index contributed by atoms with van der Waals surface area (Å²) in [6.07, 6.45) is -1.10. The van der Waals surface area contributed by atoms with E-state index in [0.717, 1.165) is 16.8 Å². The smallest absolute Gasteiger partial charge is 0.374 e. The number of aliphatic hydroxyl groups is 1. The number of rotatable bonds is 7. The van der Waals surface area contributed by atoms with Crippen molar-refractivity contribution in [3.63, 3.8) is 0 Å². The number of imidazole rings is 1. The molecule has 1 unspecified atom stereocenters. The van der Waals surface area contributed by atoms with Crippen LogP contribution in [0.15, 0.2) is 42.7 Å². The third kappa shape index (κ3) is 4.74. The summed E-state index contributed by atoms with van der Waals surface area (Å²) in [4.78, 5) is 25.5. The van der Waals surface area contributed by atoms with Crippen LogP contribution in [-0.4, -0.2) is 38.2 Å². The molecule has 0 radical (unpaired) electrons. The number of hydrogen-bond acceptors (Lipinski definition) is 5. The van der Waals surface area contributed by atoms with Crippen LogP contribution < -0.4 is 5.32 Å². The molecule has 2 rings (SSSR count). The standard InChI is InChI=1S/C17H17F3N4O4/c1-23-10-9-22-15(23)16(26,17(18,19)20)7-8-21-14(25)6-5-12-3-2-4-13(11-12)24(27)28/h2-6,9-11,26H,7-8H2,1H3,(H,21,25)/b6-5+. The highest BCUT2D eigenvalue weighted by molar-refractivity contribution is 5.91. The summed E-state index contributed by atoms with van der Waals surface area (Å²) in [5, 5.41) is 23.1. The molecule has 0 aliphatic carbocycles. The van der Waals surface area contributed by atoms with Crippen LogP contribution in [0.2, 0.25) is 0 Å². The van der Waals surface area contributed by atoms with Crippen LogP contribution in [0.3, 0.4) is 0 Å². The monoisotopic (exact) mass is 398 g/mol. The minimum atomic E-state index is -4.99. The summed E-state index contributed by atoms with van der Waals surface area (Å²) in [5.41, 5.74) is -3.00. The average Bonchev–Trinajstić information content (AvgIpc) is 3.05. The SMILES string of the molecule is Cn1ccnc1C(O)(CCNC(=O)/C=C/c1cccc([N+](=O)[O-])c1)C(F)(F)F. The van der Waals surface area contributed by atoms with Crippen LogP contribution >= 0.6 is 0 Å². The van der Waals surface area contributed by atoms with Gasteiger partial charge in [0.15, 0.2) is 0 Å². The molecular weight excluding hydrogens is 381 g/mol. The second kappa shape index (κ2) is 8.21. The molecular formula is C17H17F3N4O4. The lowest BCUT2D eigenvalue weighted by Crippen LogP contribution is -2.46. The molecule has 1 aromatic carbocycles. The molecule has 2 aromatic rings. The quantitative estimate of drug-likeness (QED) is 0.422. The van der Waals surface area contributed by atoms with Crippen molar-refractivity contribution >= 4 is 17.7 Å². The fourth-order valence-corrected chi connectivity index (χ4v) is 2.48. The Morgan fingerprint density at radius 3 is 2.71 bits per heavy atom. The second-order valence-corrected chi connectivity index (χ2v) is 5.95. The summed E-state index contributed by atoms with van der Waals surface area (Å²) in [6, 6.07) is 5.49. The summed E-state index contributed by atoms with van der Waals surface area (Å²) in [6.45, 7) is -0.471. The first-order valence-electron chi connectivity index (χ1n) is 8.02. The van der Waals surface area contributed by atoms with Gasteiger partial charge in [-0.25, -0.2) is 4.98 Å². The molecule has 2 N–H and O–H groups in total. The zero-order valence-electron chi connectivity index (χ0n) is 14.7. The first-order valence-corrected chi connectivity index (χ1v) is 8.02. The number of alkyl halides is 3. The predicted molar refractivity (Wildman–Crippen MR) is 92.9 cm³/mol. The van der Waals surface area contributed by atoms with Crippen LogP contribution in [0.25, 0.3) is 6.08 Å². The van der Waals surface area contributed by atoms with Gasteiger partial charge in [0.2, 0.25) is 11.5 Å². The van der Waals surface area contributed by atoms with Gasteiger partial charge in [-0.15, -0.1) is 0 Å². The van der Waals surface area contributed by atoms with Crippen molar-refractivity contribution in [2.45, 2.75) is 18.2 Å². The first-order chi connectivity index (χ1) is 13.0. The Bertz CT molecular complexity index is 895. The molecule has 1 amide bonds. The van der Waals surface area contributed by atoms with Crippen LogP contribution in [-0.2, 0) is 17.4 Å². The van der Waals surface area contributed by atoms with E-state index in [2.05, 4.69) is 10.3 Å². The summed E-state index contributed by atoms with van der Waals surface area (Å²) in [7, 11) is 1.32. The van der Waals surface area contributed by atoms with E-state index in [1.54, 1.807) is 0 Å². The Kier molecular flexibility index (Phi) is 6.19. The molecule has 11 heteroatoms. The van der Waals surface area contributed by atoms with Gasteiger partial charge < -0.3 is 15.0 Å². The van der Waals surface area contributed by atoms with E-state index in [-0.39, 0.29) is 5.69 Å². The number of nitro groups is 1. The molecule has 0 saturated heterocycles. The largest absolute Gasteiger partial charge is 0.424 e. The molecule has 1 heterocycles. The molecule has 8 nitrogen and oxygen atoms in total. The number of carbonyl (C=O) groups excluding carboxylic acids is 1. The zero-order valence-corrected chi connectivity index (χ0v) is 14.7. The number of halogens is 3. The van der Waals surface area contributed by atoms with Gasteiger partial charge in [-0.3, -0.25) is 14.9 Å². The van der Waals surface area contributed by atoms with Gasteiger partial charge in [0, 0.05) is 50.6 Å². The minimum absolute atomic E-state index is 0.159. The lowest BCUT2D eigenvalue weighted by Gasteiger charge is -2.29. The Balaban J connectivity index is 2.01. The average molecular weight is 398 g/mol. The maximum Gasteiger partial charge on any atom is 0.424 e. The number of aromatic nitrogens is 2. The van der Waals surface area contributed by atoms with E-state index < -0.39 is 41.4 Å². The highest BCUT2D eigenvalue weighted by atomic mass is 19.4. The fraction of sp³-hybridized carbons (Fsp3) is 0.294. The van der Waals surface area contributed by atoms with E-state index in [0.29, 0.717) is 5.56 Å². The van der Waals surface area contributed by atoms with Crippen molar-refractivity contribution in [3.8, 4) is 0 Å². The van der Waals surface area contributed by atoms with Gasteiger partial charge in [-0.1, -0.05) is 12.1 Å². The van der Waals surface area contributed by atoms with Crippen LogP contribution in [0.4, 0.5) is 18.9 Å². The molecule has 0 bridgehead atoms. The Morgan fingerprint density at radius 2 is 2.14 bits per heavy atom. The Labute approximate surface area is 157 Å². The van der Waals surface area contributed by atoms with Gasteiger partial charge in [0.05, 0.1) is 4.92 Å². The number of aryl methyl sites for hydroxylation is 1. The van der Waals surface area contributed by atoms with E-state index in [4.69, 9.17) is 0 Å². The van der Waals surface area contributed by atoms with Crippen molar-refractivity contribution in [2.75, 3.05) is 6.54 Å². The maximum atomic E-state index is 13.4. The number of nitro benzene ring substituents is 1. The number of nitrogens with one attached hydrogen (secondary N) is 1.